The first-order valence-corrected chi connectivity index (χ1v) is 7.74. The molecular weight excluding hydrogens is 266 g/mol. The van der Waals surface area contributed by atoms with Crippen molar-refractivity contribution in [2.24, 2.45) is 0 Å². The van der Waals surface area contributed by atoms with Crippen molar-refractivity contribution in [3.8, 4) is 11.5 Å². The lowest BCUT2D eigenvalue weighted by molar-refractivity contribution is 0.0647. The normalized spacial score (nSPS) is 15.6. The molecule has 116 valence electrons. The summed E-state index contributed by atoms with van der Waals surface area (Å²) in [6, 6.07) is 5.76. The Bertz CT molecular complexity index is 481. The van der Waals surface area contributed by atoms with E-state index in [1.807, 2.05) is 17.9 Å². The van der Waals surface area contributed by atoms with Crippen LogP contribution in [0.3, 0.4) is 0 Å². The van der Waals surface area contributed by atoms with Gasteiger partial charge in [-0.3, -0.25) is 4.79 Å². The van der Waals surface area contributed by atoms with Gasteiger partial charge in [0.15, 0.2) is 11.5 Å². The summed E-state index contributed by atoms with van der Waals surface area (Å²) in [5.74, 6) is 1.34. The molecule has 0 spiro atoms. The maximum atomic E-state index is 12.8. The van der Waals surface area contributed by atoms with E-state index in [-0.39, 0.29) is 5.91 Å². The van der Waals surface area contributed by atoms with Gasteiger partial charge >= 0.3 is 0 Å². The monoisotopic (exact) mass is 291 g/mol. The number of nitrogens with zero attached hydrogens (tertiary/aromatic N) is 1. The van der Waals surface area contributed by atoms with Crippen LogP contribution in [0.1, 0.15) is 49.4 Å². The van der Waals surface area contributed by atoms with Crippen molar-refractivity contribution in [1.82, 2.24) is 4.90 Å². The van der Waals surface area contributed by atoms with Gasteiger partial charge in [-0.15, -0.1) is 0 Å². The Morgan fingerprint density at radius 1 is 1.14 bits per heavy atom. The molecule has 1 aromatic carbocycles. The molecule has 1 saturated carbocycles. The molecule has 1 aromatic rings. The second kappa shape index (κ2) is 7.34. The van der Waals surface area contributed by atoms with E-state index in [1.165, 1.54) is 19.3 Å². The van der Waals surface area contributed by atoms with Gasteiger partial charge in [-0.2, -0.15) is 0 Å². The van der Waals surface area contributed by atoms with E-state index in [1.54, 1.807) is 26.4 Å². The molecule has 0 N–H and O–H groups in total. The number of ether oxygens (including phenoxy) is 2. The SMILES string of the molecule is CCN(C(=O)c1ccc(OC)c(OC)c1)C1CCCCC1. The molecule has 4 heteroatoms. The number of amides is 1. The Morgan fingerprint density at radius 3 is 2.38 bits per heavy atom. The van der Waals surface area contributed by atoms with Crippen LogP contribution in [0.5, 0.6) is 11.5 Å². The van der Waals surface area contributed by atoms with Crippen LogP contribution >= 0.6 is 0 Å². The Balaban J connectivity index is 2.20. The minimum absolute atomic E-state index is 0.0883. The summed E-state index contributed by atoms with van der Waals surface area (Å²) < 4.78 is 10.5. The van der Waals surface area contributed by atoms with E-state index in [0.717, 1.165) is 19.4 Å². The van der Waals surface area contributed by atoms with Crippen LogP contribution in [0.4, 0.5) is 0 Å². The van der Waals surface area contributed by atoms with E-state index < -0.39 is 0 Å². The van der Waals surface area contributed by atoms with Crippen LogP contribution in [-0.2, 0) is 0 Å². The highest BCUT2D eigenvalue weighted by atomic mass is 16.5. The van der Waals surface area contributed by atoms with Crippen molar-refractivity contribution in [2.45, 2.75) is 45.1 Å². The Morgan fingerprint density at radius 2 is 1.81 bits per heavy atom. The van der Waals surface area contributed by atoms with Gasteiger partial charge in [0.1, 0.15) is 0 Å². The third kappa shape index (κ3) is 3.49. The van der Waals surface area contributed by atoms with E-state index in [9.17, 15) is 4.79 Å². The zero-order valence-corrected chi connectivity index (χ0v) is 13.2. The molecule has 2 rings (SSSR count). The standard InChI is InChI=1S/C17H25NO3/c1-4-18(14-8-6-5-7-9-14)17(19)13-10-11-15(20-2)16(12-13)21-3/h10-12,14H,4-9H2,1-3H3. The molecule has 0 saturated heterocycles. The van der Waals surface area contributed by atoms with Crippen molar-refractivity contribution >= 4 is 5.91 Å². The Labute approximate surface area is 127 Å². The molecule has 1 fully saturated rings. The molecular formula is C17H25NO3. The molecule has 21 heavy (non-hydrogen) atoms. The molecule has 1 aliphatic rings. The van der Waals surface area contributed by atoms with Crippen LogP contribution in [0.25, 0.3) is 0 Å². The summed E-state index contributed by atoms with van der Waals surface area (Å²) >= 11 is 0. The number of rotatable bonds is 5. The van der Waals surface area contributed by atoms with Gasteiger partial charge in [-0.05, 0) is 38.0 Å². The zero-order chi connectivity index (χ0) is 15.2. The van der Waals surface area contributed by atoms with Gasteiger partial charge in [0.05, 0.1) is 14.2 Å². The first-order chi connectivity index (χ1) is 10.2. The molecule has 0 aromatic heterocycles. The average molecular weight is 291 g/mol. The highest BCUT2D eigenvalue weighted by Gasteiger charge is 2.25. The molecule has 0 atom stereocenters. The summed E-state index contributed by atoms with van der Waals surface area (Å²) in [5.41, 5.74) is 0.667. The van der Waals surface area contributed by atoms with Crippen molar-refractivity contribution < 1.29 is 14.3 Å². The van der Waals surface area contributed by atoms with Crippen LogP contribution in [-0.4, -0.2) is 37.6 Å². The highest BCUT2D eigenvalue weighted by Crippen LogP contribution is 2.29. The van der Waals surface area contributed by atoms with E-state index in [4.69, 9.17) is 9.47 Å². The van der Waals surface area contributed by atoms with Crippen molar-refractivity contribution in [3.05, 3.63) is 23.8 Å². The largest absolute Gasteiger partial charge is 0.493 e. The fourth-order valence-electron chi connectivity index (χ4n) is 3.10. The number of carbonyl (C=O) groups is 1. The minimum Gasteiger partial charge on any atom is -0.493 e. The predicted molar refractivity (Wildman–Crippen MR) is 83.1 cm³/mol. The van der Waals surface area contributed by atoms with Gasteiger partial charge in [-0.25, -0.2) is 0 Å². The second-order valence-electron chi connectivity index (χ2n) is 5.45. The maximum Gasteiger partial charge on any atom is 0.254 e. The summed E-state index contributed by atoms with van der Waals surface area (Å²) in [7, 11) is 3.19. The van der Waals surface area contributed by atoms with E-state index >= 15 is 0 Å². The molecule has 4 nitrogen and oxygen atoms in total. The van der Waals surface area contributed by atoms with Gasteiger partial charge in [-0.1, -0.05) is 19.3 Å². The highest BCUT2D eigenvalue weighted by molar-refractivity contribution is 5.95. The number of hydrogen-bond donors (Lipinski definition) is 0. The van der Waals surface area contributed by atoms with Crippen LogP contribution in [0.15, 0.2) is 18.2 Å². The van der Waals surface area contributed by atoms with Gasteiger partial charge < -0.3 is 14.4 Å². The Hall–Kier alpha value is -1.71. The molecule has 1 aliphatic carbocycles. The summed E-state index contributed by atoms with van der Waals surface area (Å²) in [6.07, 6.45) is 5.97. The Kier molecular flexibility index (Phi) is 5.48. The quantitative estimate of drug-likeness (QED) is 0.833. The van der Waals surface area contributed by atoms with Crippen molar-refractivity contribution in [2.75, 3.05) is 20.8 Å². The lowest BCUT2D eigenvalue weighted by Gasteiger charge is -2.33. The molecule has 0 bridgehead atoms. The van der Waals surface area contributed by atoms with Crippen LogP contribution in [0.2, 0.25) is 0 Å². The van der Waals surface area contributed by atoms with Crippen LogP contribution in [0, 0.1) is 0 Å². The first kappa shape index (κ1) is 15.7. The number of carbonyl (C=O) groups excluding carboxylic acids is 1. The first-order valence-electron chi connectivity index (χ1n) is 7.74. The van der Waals surface area contributed by atoms with Crippen LogP contribution < -0.4 is 9.47 Å². The topological polar surface area (TPSA) is 38.8 Å². The van der Waals surface area contributed by atoms with Crippen molar-refractivity contribution in [3.63, 3.8) is 0 Å². The lowest BCUT2D eigenvalue weighted by Crippen LogP contribution is -2.41. The summed E-state index contributed by atoms with van der Waals surface area (Å²) in [6.45, 7) is 2.80. The predicted octanol–water partition coefficient (Wildman–Crippen LogP) is 3.50. The molecule has 0 aliphatic heterocycles. The zero-order valence-electron chi connectivity index (χ0n) is 13.2. The number of methoxy groups -OCH3 is 2. The van der Waals surface area contributed by atoms with Gasteiger partial charge in [0.2, 0.25) is 0 Å². The van der Waals surface area contributed by atoms with Crippen molar-refractivity contribution in [1.29, 1.82) is 0 Å². The third-order valence-corrected chi connectivity index (χ3v) is 4.25. The minimum atomic E-state index is 0.0883. The van der Waals surface area contributed by atoms with Gasteiger partial charge in [0, 0.05) is 18.2 Å². The summed E-state index contributed by atoms with van der Waals surface area (Å²) in [5, 5.41) is 0. The molecule has 1 amide bonds. The maximum absolute atomic E-state index is 12.8. The summed E-state index contributed by atoms with van der Waals surface area (Å²) in [4.78, 5) is 14.8. The average Bonchev–Trinajstić information content (AvgIpc) is 2.55. The fourth-order valence-corrected chi connectivity index (χ4v) is 3.10. The number of hydrogen-bond acceptors (Lipinski definition) is 3. The second-order valence-corrected chi connectivity index (χ2v) is 5.45. The smallest absolute Gasteiger partial charge is 0.254 e. The number of benzene rings is 1. The fraction of sp³-hybridized carbons (Fsp3) is 0.588. The third-order valence-electron chi connectivity index (χ3n) is 4.25. The van der Waals surface area contributed by atoms with E-state index in [2.05, 4.69) is 0 Å². The molecule has 0 heterocycles. The lowest BCUT2D eigenvalue weighted by atomic mass is 9.93. The molecule has 0 radical (unpaired) electrons. The van der Waals surface area contributed by atoms with Gasteiger partial charge in [0.25, 0.3) is 5.91 Å². The molecule has 0 unspecified atom stereocenters. The van der Waals surface area contributed by atoms with E-state index in [0.29, 0.717) is 23.1 Å².